The Hall–Kier alpha value is -1.91. The number of hydrogen-bond acceptors (Lipinski definition) is 2. The molecule has 1 heterocycles. The minimum absolute atomic E-state index is 0.486. The van der Waals surface area contributed by atoms with E-state index in [1.165, 1.54) is 6.07 Å². The van der Waals surface area contributed by atoms with Crippen molar-refractivity contribution >= 4 is 5.82 Å². The van der Waals surface area contributed by atoms with Crippen LogP contribution < -0.4 is 5.73 Å². The summed E-state index contributed by atoms with van der Waals surface area (Å²) in [6, 6.07) is 3.68. The lowest BCUT2D eigenvalue weighted by Crippen LogP contribution is -2.04. The van der Waals surface area contributed by atoms with Gasteiger partial charge in [-0.05, 0) is 31.5 Å². The highest BCUT2D eigenvalue weighted by Crippen LogP contribution is 2.27. The SMILES string of the molecule is CCCn1c(C)nc(-c2ccc(F)c(F)c2)c1N. The Bertz CT molecular complexity index is 576. The van der Waals surface area contributed by atoms with Gasteiger partial charge >= 0.3 is 0 Å². The van der Waals surface area contributed by atoms with Crippen molar-refractivity contribution in [1.29, 1.82) is 0 Å². The summed E-state index contributed by atoms with van der Waals surface area (Å²) in [6.07, 6.45) is 0.929. The zero-order valence-electron chi connectivity index (χ0n) is 10.4. The van der Waals surface area contributed by atoms with Crippen LogP contribution in [0.5, 0.6) is 0 Å². The number of nitrogen functional groups attached to an aromatic ring is 1. The standard InChI is InChI=1S/C13H15F2N3/c1-3-6-18-8(2)17-12(13(18)16)9-4-5-10(14)11(15)7-9/h4-5,7H,3,6,16H2,1-2H3. The van der Waals surface area contributed by atoms with Crippen LogP contribution in [0.25, 0.3) is 11.3 Å². The fourth-order valence-electron chi connectivity index (χ4n) is 1.94. The van der Waals surface area contributed by atoms with Crippen molar-refractivity contribution in [2.45, 2.75) is 26.8 Å². The van der Waals surface area contributed by atoms with Gasteiger partial charge in [0.25, 0.3) is 0 Å². The molecule has 0 spiro atoms. The lowest BCUT2D eigenvalue weighted by Gasteiger charge is -2.05. The molecular weight excluding hydrogens is 236 g/mol. The molecule has 0 saturated heterocycles. The number of imidazole rings is 1. The molecule has 0 amide bonds. The Kier molecular flexibility index (Phi) is 3.32. The minimum Gasteiger partial charge on any atom is -0.383 e. The van der Waals surface area contributed by atoms with E-state index >= 15 is 0 Å². The molecule has 0 aliphatic carbocycles. The summed E-state index contributed by atoms with van der Waals surface area (Å²) in [5.74, 6) is -0.508. The van der Waals surface area contributed by atoms with E-state index in [4.69, 9.17) is 5.73 Å². The molecule has 0 aliphatic heterocycles. The van der Waals surface area contributed by atoms with Crippen molar-refractivity contribution in [2.24, 2.45) is 0 Å². The average molecular weight is 251 g/mol. The third-order valence-corrected chi connectivity index (χ3v) is 2.84. The van der Waals surface area contributed by atoms with Gasteiger partial charge in [-0.3, -0.25) is 0 Å². The molecule has 18 heavy (non-hydrogen) atoms. The lowest BCUT2D eigenvalue weighted by molar-refractivity contribution is 0.509. The number of aryl methyl sites for hydroxylation is 1. The number of nitrogens with two attached hydrogens (primary N) is 1. The average Bonchev–Trinajstić information content (AvgIpc) is 2.61. The largest absolute Gasteiger partial charge is 0.383 e. The molecule has 0 saturated carbocycles. The second-order valence-corrected chi connectivity index (χ2v) is 4.17. The number of anilines is 1. The molecule has 0 unspecified atom stereocenters. The number of halogens is 2. The molecule has 3 nitrogen and oxygen atoms in total. The first kappa shape index (κ1) is 12.5. The van der Waals surface area contributed by atoms with Crippen LogP contribution in [-0.2, 0) is 6.54 Å². The van der Waals surface area contributed by atoms with E-state index in [0.29, 0.717) is 17.1 Å². The molecule has 96 valence electrons. The first-order valence-corrected chi connectivity index (χ1v) is 5.82. The Morgan fingerprint density at radius 3 is 2.61 bits per heavy atom. The van der Waals surface area contributed by atoms with Crippen LogP contribution in [0.2, 0.25) is 0 Å². The summed E-state index contributed by atoms with van der Waals surface area (Å²) in [5.41, 5.74) is 6.98. The molecule has 0 bridgehead atoms. The van der Waals surface area contributed by atoms with Crippen LogP contribution in [0, 0.1) is 18.6 Å². The maximum Gasteiger partial charge on any atom is 0.159 e. The number of rotatable bonds is 3. The summed E-state index contributed by atoms with van der Waals surface area (Å²) in [7, 11) is 0. The summed E-state index contributed by atoms with van der Waals surface area (Å²) < 4.78 is 28.0. The fraction of sp³-hybridized carbons (Fsp3) is 0.308. The summed E-state index contributed by atoms with van der Waals surface area (Å²) in [6.45, 7) is 4.64. The van der Waals surface area contributed by atoms with Gasteiger partial charge in [-0.2, -0.15) is 0 Å². The topological polar surface area (TPSA) is 43.8 Å². The number of nitrogens with zero attached hydrogens (tertiary/aromatic N) is 2. The number of benzene rings is 1. The van der Waals surface area contributed by atoms with Gasteiger partial charge in [-0.25, -0.2) is 13.8 Å². The van der Waals surface area contributed by atoms with Crippen LogP contribution in [0.3, 0.4) is 0 Å². The zero-order valence-corrected chi connectivity index (χ0v) is 10.4. The normalized spacial score (nSPS) is 10.9. The first-order chi connectivity index (χ1) is 8.54. The molecule has 5 heteroatoms. The predicted molar refractivity (Wildman–Crippen MR) is 67.0 cm³/mol. The van der Waals surface area contributed by atoms with E-state index in [2.05, 4.69) is 4.98 Å². The van der Waals surface area contributed by atoms with E-state index in [9.17, 15) is 8.78 Å². The molecular formula is C13H15F2N3. The second-order valence-electron chi connectivity index (χ2n) is 4.17. The Morgan fingerprint density at radius 1 is 1.28 bits per heavy atom. The zero-order chi connectivity index (χ0) is 13.3. The highest BCUT2D eigenvalue weighted by molar-refractivity contribution is 5.71. The van der Waals surface area contributed by atoms with Gasteiger partial charge in [0, 0.05) is 12.1 Å². The third kappa shape index (κ3) is 2.08. The Balaban J connectivity index is 2.50. The molecule has 2 aromatic rings. The second kappa shape index (κ2) is 4.76. The van der Waals surface area contributed by atoms with E-state index in [1.54, 1.807) is 0 Å². The highest BCUT2D eigenvalue weighted by Gasteiger charge is 2.14. The summed E-state index contributed by atoms with van der Waals surface area (Å²) in [5, 5.41) is 0. The van der Waals surface area contributed by atoms with Crippen molar-refractivity contribution in [1.82, 2.24) is 9.55 Å². The van der Waals surface area contributed by atoms with E-state index in [-0.39, 0.29) is 0 Å². The van der Waals surface area contributed by atoms with Gasteiger partial charge in [-0.1, -0.05) is 6.92 Å². The van der Waals surface area contributed by atoms with Crippen LogP contribution in [0.15, 0.2) is 18.2 Å². The quantitative estimate of drug-likeness (QED) is 0.910. The smallest absolute Gasteiger partial charge is 0.159 e. The number of aromatic nitrogens is 2. The van der Waals surface area contributed by atoms with Crippen LogP contribution in [0.1, 0.15) is 19.2 Å². The van der Waals surface area contributed by atoms with Gasteiger partial charge in [-0.15, -0.1) is 0 Å². The highest BCUT2D eigenvalue weighted by atomic mass is 19.2. The van der Waals surface area contributed by atoms with Crippen LogP contribution in [-0.4, -0.2) is 9.55 Å². The summed E-state index contributed by atoms with van der Waals surface area (Å²) >= 11 is 0. The van der Waals surface area contributed by atoms with Crippen molar-refractivity contribution in [3.05, 3.63) is 35.7 Å². The third-order valence-electron chi connectivity index (χ3n) is 2.84. The van der Waals surface area contributed by atoms with Crippen LogP contribution in [0.4, 0.5) is 14.6 Å². The predicted octanol–water partition coefficient (Wildman–Crippen LogP) is 3.13. The molecule has 0 atom stereocenters. The van der Waals surface area contributed by atoms with E-state index < -0.39 is 11.6 Å². The number of hydrogen-bond donors (Lipinski definition) is 1. The molecule has 0 radical (unpaired) electrons. The molecule has 1 aromatic heterocycles. The van der Waals surface area contributed by atoms with Gasteiger partial charge in [0.15, 0.2) is 11.6 Å². The van der Waals surface area contributed by atoms with Gasteiger partial charge < -0.3 is 10.3 Å². The molecule has 2 rings (SSSR count). The van der Waals surface area contributed by atoms with Crippen LogP contribution >= 0.6 is 0 Å². The monoisotopic (exact) mass is 251 g/mol. The lowest BCUT2D eigenvalue weighted by atomic mass is 10.1. The molecule has 2 N–H and O–H groups in total. The fourth-order valence-corrected chi connectivity index (χ4v) is 1.94. The van der Waals surface area contributed by atoms with E-state index in [1.807, 2.05) is 18.4 Å². The summed E-state index contributed by atoms with van der Waals surface area (Å²) in [4.78, 5) is 4.32. The maximum absolute atomic E-state index is 13.2. The van der Waals surface area contributed by atoms with Gasteiger partial charge in [0.05, 0.1) is 0 Å². The maximum atomic E-state index is 13.2. The van der Waals surface area contributed by atoms with Crippen molar-refractivity contribution < 1.29 is 8.78 Å². The van der Waals surface area contributed by atoms with Crippen molar-refractivity contribution in [3.63, 3.8) is 0 Å². The van der Waals surface area contributed by atoms with Crippen molar-refractivity contribution in [2.75, 3.05) is 5.73 Å². The first-order valence-electron chi connectivity index (χ1n) is 5.82. The molecule has 0 fully saturated rings. The van der Waals surface area contributed by atoms with Gasteiger partial charge in [0.2, 0.25) is 0 Å². The van der Waals surface area contributed by atoms with Gasteiger partial charge in [0.1, 0.15) is 17.3 Å². The molecule has 0 aliphatic rings. The Labute approximate surface area is 104 Å². The Morgan fingerprint density at radius 2 is 2.00 bits per heavy atom. The van der Waals surface area contributed by atoms with E-state index in [0.717, 1.165) is 30.9 Å². The van der Waals surface area contributed by atoms with Crippen molar-refractivity contribution in [3.8, 4) is 11.3 Å². The molecule has 1 aromatic carbocycles. The minimum atomic E-state index is -0.894.